The number of nitrogens with zero attached hydrogens (tertiary/aromatic N) is 2. The van der Waals surface area contributed by atoms with Crippen LogP contribution in [0.15, 0.2) is 30.0 Å². The fourth-order valence-corrected chi connectivity index (χ4v) is 3.58. The number of aromatic nitrogens is 1. The number of aliphatic hydroxyl groups excluding tert-OH is 1. The zero-order valence-corrected chi connectivity index (χ0v) is 12.1. The van der Waals surface area contributed by atoms with E-state index in [9.17, 15) is 10.4 Å². The van der Waals surface area contributed by atoms with Gasteiger partial charge >= 0.3 is 0 Å². The number of rotatable bonds is 2. The third kappa shape index (κ3) is 2.09. The van der Waals surface area contributed by atoms with Gasteiger partial charge in [0.25, 0.3) is 0 Å². The Hall–Kier alpha value is -1.83. The number of hydrogen-bond donors (Lipinski definition) is 1. The lowest BCUT2D eigenvalue weighted by molar-refractivity contribution is 0.420. The number of alkyl halides is 1. The fourth-order valence-electron chi connectivity index (χ4n) is 2.36. The van der Waals surface area contributed by atoms with Gasteiger partial charge in [0, 0.05) is 10.4 Å². The number of thiazole rings is 1. The van der Waals surface area contributed by atoms with E-state index in [1.807, 2.05) is 24.3 Å². The lowest BCUT2D eigenvalue weighted by atomic mass is 9.94. The fraction of sp³-hybridized carbons (Fsp3) is 0.200. The van der Waals surface area contributed by atoms with Crippen molar-refractivity contribution in [2.24, 2.45) is 0 Å². The molecule has 0 unspecified atom stereocenters. The maximum Gasteiger partial charge on any atom is 0.138 e. The highest BCUT2D eigenvalue weighted by atomic mass is 35.5. The van der Waals surface area contributed by atoms with Crippen LogP contribution < -0.4 is 0 Å². The van der Waals surface area contributed by atoms with Gasteiger partial charge in [0.15, 0.2) is 0 Å². The lowest BCUT2D eigenvalue weighted by Gasteiger charge is -2.13. The summed E-state index contributed by atoms with van der Waals surface area (Å²) < 4.78 is 0. The average molecular weight is 303 g/mol. The summed E-state index contributed by atoms with van der Waals surface area (Å²) in [7, 11) is 0. The molecule has 0 radical (unpaired) electrons. The molecule has 20 heavy (non-hydrogen) atoms. The minimum atomic E-state index is -0.117. The monoisotopic (exact) mass is 302 g/mol. The Kier molecular flexibility index (Phi) is 3.47. The number of aliphatic hydroxyl groups is 1. The second-order valence-electron chi connectivity index (χ2n) is 4.52. The molecule has 5 heteroatoms. The van der Waals surface area contributed by atoms with Crippen molar-refractivity contribution in [1.82, 2.24) is 4.98 Å². The number of halogens is 1. The van der Waals surface area contributed by atoms with Gasteiger partial charge in [-0.25, -0.2) is 4.98 Å². The Morgan fingerprint density at radius 2 is 2.20 bits per heavy atom. The Morgan fingerprint density at radius 1 is 1.40 bits per heavy atom. The summed E-state index contributed by atoms with van der Waals surface area (Å²) in [4.78, 5) is 5.71. The number of nitriles is 1. The molecule has 0 saturated carbocycles. The van der Waals surface area contributed by atoms with E-state index < -0.39 is 0 Å². The van der Waals surface area contributed by atoms with Crippen LogP contribution in [0.25, 0.3) is 16.8 Å². The van der Waals surface area contributed by atoms with Gasteiger partial charge in [-0.05, 0) is 18.4 Å². The average Bonchev–Trinajstić information content (AvgIpc) is 2.91. The van der Waals surface area contributed by atoms with Crippen LogP contribution in [0.1, 0.15) is 15.4 Å². The number of allylic oxidation sites excluding steroid dienone is 2. The third-order valence-electron chi connectivity index (χ3n) is 3.33. The van der Waals surface area contributed by atoms with Crippen molar-refractivity contribution in [1.29, 1.82) is 5.26 Å². The van der Waals surface area contributed by atoms with Gasteiger partial charge in [-0.3, -0.25) is 0 Å². The van der Waals surface area contributed by atoms with E-state index in [1.165, 1.54) is 16.9 Å². The van der Waals surface area contributed by atoms with E-state index in [1.54, 1.807) is 0 Å². The highest BCUT2D eigenvalue weighted by molar-refractivity contribution is 7.13. The molecular formula is C15H11ClN2OS. The Morgan fingerprint density at radius 3 is 2.95 bits per heavy atom. The maximum absolute atomic E-state index is 9.72. The molecule has 2 aromatic rings. The van der Waals surface area contributed by atoms with Gasteiger partial charge in [-0.15, -0.1) is 22.9 Å². The zero-order valence-electron chi connectivity index (χ0n) is 10.6. The molecule has 0 spiro atoms. The standard InChI is InChI=1S/C15H11ClN2OS/c16-7-12(19)11(8-17)15-18-14-10-4-2-1-3-9(10)5-6-13(14)20-15/h1-4,19H,5-7H2/b12-11-. The summed E-state index contributed by atoms with van der Waals surface area (Å²) >= 11 is 7.07. The van der Waals surface area contributed by atoms with E-state index in [4.69, 9.17) is 11.6 Å². The van der Waals surface area contributed by atoms with Crippen LogP contribution in [-0.2, 0) is 12.8 Å². The number of hydrogen-bond acceptors (Lipinski definition) is 4. The van der Waals surface area contributed by atoms with Crippen molar-refractivity contribution in [3.8, 4) is 17.3 Å². The van der Waals surface area contributed by atoms with E-state index in [0.29, 0.717) is 5.01 Å². The normalized spacial score (nSPS) is 14.0. The third-order valence-corrected chi connectivity index (χ3v) is 4.72. The van der Waals surface area contributed by atoms with Crippen molar-refractivity contribution in [3.05, 3.63) is 45.5 Å². The van der Waals surface area contributed by atoms with Crippen molar-refractivity contribution in [2.45, 2.75) is 12.8 Å². The topological polar surface area (TPSA) is 56.9 Å². The van der Waals surface area contributed by atoms with Crippen molar-refractivity contribution in [2.75, 3.05) is 5.88 Å². The molecule has 1 aliphatic rings. The molecule has 3 nitrogen and oxygen atoms in total. The van der Waals surface area contributed by atoms with Gasteiger partial charge in [0.2, 0.25) is 0 Å². The molecule has 0 fully saturated rings. The van der Waals surface area contributed by atoms with Gasteiger partial charge in [0.05, 0.1) is 11.6 Å². The molecule has 1 N–H and O–H groups in total. The highest BCUT2D eigenvalue weighted by Crippen LogP contribution is 2.38. The number of benzene rings is 1. The molecule has 1 aliphatic carbocycles. The van der Waals surface area contributed by atoms with Gasteiger partial charge in [0.1, 0.15) is 22.4 Å². The first-order chi connectivity index (χ1) is 9.74. The van der Waals surface area contributed by atoms with E-state index in [2.05, 4.69) is 11.1 Å². The minimum Gasteiger partial charge on any atom is -0.510 e. The van der Waals surface area contributed by atoms with Crippen LogP contribution in [0.2, 0.25) is 0 Å². The smallest absolute Gasteiger partial charge is 0.138 e. The summed E-state index contributed by atoms with van der Waals surface area (Å²) in [6, 6.07) is 10.2. The number of aryl methyl sites for hydroxylation is 2. The second kappa shape index (κ2) is 5.28. The van der Waals surface area contributed by atoms with Gasteiger partial charge < -0.3 is 5.11 Å². The molecule has 1 aromatic heterocycles. The number of fused-ring (bicyclic) bond motifs is 3. The molecule has 1 aromatic carbocycles. The summed E-state index contributed by atoms with van der Waals surface area (Å²) in [6.45, 7) is 0. The Labute approximate surface area is 125 Å². The quantitative estimate of drug-likeness (QED) is 0.519. The maximum atomic E-state index is 9.72. The van der Waals surface area contributed by atoms with Gasteiger partial charge in [-0.2, -0.15) is 5.26 Å². The summed E-state index contributed by atoms with van der Waals surface area (Å²) in [5, 5.41) is 19.4. The largest absolute Gasteiger partial charge is 0.510 e. The second-order valence-corrected chi connectivity index (χ2v) is 5.87. The van der Waals surface area contributed by atoms with Crippen molar-refractivity contribution >= 4 is 28.5 Å². The van der Waals surface area contributed by atoms with Crippen LogP contribution in [0, 0.1) is 11.3 Å². The molecule has 0 saturated heterocycles. The molecule has 0 bridgehead atoms. The van der Waals surface area contributed by atoms with Crippen LogP contribution >= 0.6 is 22.9 Å². The van der Waals surface area contributed by atoms with E-state index in [-0.39, 0.29) is 17.2 Å². The first-order valence-corrected chi connectivity index (χ1v) is 7.56. The summed E-state index contributed by atoms with van der Waals surface area (Å²) in [5.41, 5.74) is 3.51. The molecule has 100 valence electrons. The first-order valence-electron chi connectivity index (χ1n) is 6.21. The predicted octanol–water partition coefficient (Wildman–Crippen LogP) is 3.94. The molecule has 1 heterocycles. The molecule has 0 amide bonds. The van der Waals surface area contributed by atoms with Crippen LogP contribution in [0.3, 0.4) is 0 Å². The first kappa shape index (κ1) is 13.2. The molecule has 0 aliphatic heterocycles. The van der Waals surface area contributed by atoms with E-state index in [0.717, 1.165) is 29.0 Å². The molecule has 0 atom stereocenters. The highest BCUT2D eigenvalue weighted by Gasteiger charge is 2.22. The van der Waals surface area contributed by atoms with Crippen LogP contribution in [-0.4, -0.2) is 16.0 Å². The van der Waals surface area contributed by atoms with Crippen molar-refractivity contribution in [3.63, 3.8) is 0 Å². The Bertz CT molecular complexity index is 743. The van der Waals surface area contributed by atoms with E-state index >= 15 is 0 Å². The Balaban J connectivity index is 2.14. The zero-order chi connectivity index (χ0) is 14.1. The van der Waals surface area contributed by atoms with Crippen molar-refractivity contribution < 1.29 is 5.11 Å². The SMILES string of the molecule is N#C/C(=C(/O)CCl)c1nc2c(s1)CCc1ccccc1-2. The molecular weight excluding hydrogens is 292 g/mol. The van der Waals surface area contributed by atoms with Crippen LogP contribution in [0.4, 0.5) is 0 Å². The minimum absolute atomic E-state index is 0.0796. The molecule has 3 rings (SSSR count). The summed E-state index contributed by atoms with van der Waals surface area (Å²) in [5.74, 6) is -0.197. The van der Waals surface area contributed by atoms with Gasteiger partial charge in [-0.1, -0.05) is 24.3 Å². The predicted molar refractivity (Wildman–Crippen MR) is 80.8 cm³/mol. The van der Waals surface area contributed by atoms with Crippen LogP contribution in [0.5, 0.6) is 0 Å². The summed E-state index contributed by atoms with van der Waals surface area (Å²) in [6.07, 6.45) is 1.91. The lowest BCUT2D eigenvalue weighted by Crippen LogP contribution is -2.01.